The third-order valence-electron chi connectivity index (χ3n) is 3.55. The van der Waals surface area contributed by atoms with Gasteiger partial charge in [-0.15, -0.1) is 0 Å². The van der Waals surface area contributed by atoms with Crippen molar-refractivity contribution in [2.24, 2.45) is 0 Å². The molecule has 1 heterocycles. The van der Waals surface area contributed by atoms with Crippen molar-refractivity contribution in [3.63, 3.8) is 0 Å². The summed E-state index contributed by atoms with van der Waals surface area (Å²) >= 11 is 0. The van der Waals surface area contributed by atoms with Crippen LogP contribution in [0.3, 0.4) is 0 Å². The standard InChI is InChI=1S/C16H17NO5/c1-4-17-12-6-9(3)10(8-18)7-11(12)14(19)13(15(17)20)16(21)22-5-2/h6-8,19H,4-5H2,1-3H3. The molecule has 0 unspecified atom stereocenters. The number of benzene rings is 1. The Kier molecular flexibility index (Phi) is 4.30. The fourth-order valence-corrected chi connectivity index (χ4v) is 2.43. The maximum absolute atomic E-state index is 12.4. The molecular formula is C16H17NO5. The molecule has 0 spiro atoms. The molecular weight excluding hydrogens is 286 g/mol. The number of aromatic hydroxyl groups is 1. The number of ether oxygens (including phenoxy) is 1. The van der Waals surface area contributed by atoms with Crippen molar-refractivity contribution in [1.82, 2.24) is 4.57 Å². The zero-order chi connectivity index (χ0) is 16.4. The molecule has 2 aromatic rings. The largest absolute Gasteiger partial charge is 0.506 e. The highest BCUT2D eigenvalue weighted by molar-refractivity contribution is 6.01. The summed E-state index contributed by atoms with van der Waals surface area (Å²) in [6, 6.07) is 3.12. The van der Waals surface area contributed by atoms with Crippen molar-refractivity contribution in [1.29, 1.82) is 0 Å². The third kappa shape index (κ3) is 2.36. The number of aldehydes is 1. The van der Waals surface area contributed by atoms with E-state index in [-0.39, 0.29) is 12.0 Å². The summed E-state index contributed by atoms with van der Waals surface area (Å²) in [5.74, 6) is -1.33. The molecule has 0 fully saturated rings. The molecule has 6 nitrogen and oxygen atoms in total. The van der Waals surface area contributed by atoms with E-state index in [1.807, 2.05) is 0 Å². The molecule has 1 aromatic heterocycles. The first kappa shape index (κ1) is 15.8. The summed E-state index contributed by atoms with van der Waals surface area (Å²) in [7, 11) is 0. The van der Waals surface area contributed by atoms with Crippen LogP contribution in [0.4, 0.5) is 0 Å². The molecule has 0 atom stereocenters. The molecule has 0 aliphatic heterocycles. The van der Waals surface area contributed by atoms with Gasteiger partial charge in [0, 0.05) is 17.5 Å². The zero-order valence-electron chi connectivity index (χ0n) is 12.7. The molecule has 1 aromatic carbocycles. The minimum atomic E-state index is -0.873. The number of carbonyl (C=O) groups excluding carboxylic acids is 2. The molecule has 116 valence electrons. The molecule has 0 saturated heterocycles. The predicted molar refractivity (Wildman–Crippen MR) is 81.6 cm³/mol. The van der Waals surface area contributed by atoms with Gasteiger partial charge in [-0.05, 0) is 38.5 Å². The SMILES string of the molecule is CCOC(=O)c1c(O)c2cc(C=O)c(C)cc2n(CC)c1=O. The number of pyridine rings is 1. The van der Waals surface area contributed by atoms with Crippen LogP contribution in [0.15, 0.2) is 16.9 Å². The van der Waals surface area contributed by atoms with Gasteiger partial charge >= 0.3 is 5.97 Å². The van der Waals surface area contributed by atoms with Gasteiger partial charge in [0.1, 0.15) is 12.0 Å². The topological polar surface area (TPSA) is 85.6 Å². The number of fused-ring (bicyclic) bond motifs is 1. The average molecular weight is 303 g/mol. The normalized spacial score (nSPS) is 10.7. The average Bonchev–Trinajstić information content (AvgIpc) is 2.47. The van der Waals surface area contributed by atoms with E-state index in [2.05, 4.69) is 0 Å². The van der Waals surface area contributed by atoms with Gasteiger partial charge in [0.2, 0.25) is 0 Å². The Balaban J connectivity index is 2.95. The van der Waals surface area contributed by atoms with E-state index in [1.165, 1.54) is 10.6 Å². The molecule has 0 aliphatic rings. The van der Waals surface area contributed by atoms with Gasteiger partial charge in [0.15, 0.2) is 5.56 Å². The molecule has 0 bridgehead atoms. The van der Waals surface area contributed by atoms with Gasteiger partial charge < -0.3 is 14.4 Å². The van der Waals surface area contributed by atoms with E-state index in [9.17, 15) is 19.5 Å². The molecule has 0 saturated carbocycles. The van der Waals surface area contributed by atoms with Gasteiger partial charge in [-0.2, -0.15) is 0 Å². The number of hydrogen-bond acceptors (Lipinski definition) is 5. The second kappa shape index (κ2) is 6.01. The summed E-state index contributed by atoms with van der Waals surface area (Å²) in [5, 5.41) is 10.6. The minimum Gasteiger partial charge on any atom is -0.506 e. The number of nitrogens with zero attached hydrogens (tertiary/aromatic N) is 1. The molecule has 0 aliphatic carbocycles. The van der Waals surface area contributed by atoms with Crippen molar-refractivity contribution in [3.05, 3.63) is 39.2 Å². The van der Waals surface area contributed by atoms with Crippen LogP contribution in [0.1, 0.15) is 40.1 Å². The number of aryl methyl sites for hydroxylation is 2. The molecule has 0 radical (unpaired) electrons. The van der Waals surface area contributed by atoms with Crippen LogP contribution in [0, 0.1) is 6.92 Å². The van der Waals surface area contributed by atoms with Crippen molar-refractivity contribution in [2.45, 2.75) is 27.3 Å². The van der Waals surface area contributed by atoms with Crippen LogP contribution in [-0.4, -0.2) is 28.5 Å². The molecule has 1 N–H and O–H groups in total. The van der Waals surface area contributed by atoms with Crippen LogP contribution < -0.4 is 5.56 Å². The van der Waals surface area contributed by atoms with Gasteiger partial charge in [0.05, 0.1) is 12.1 Å². The van der Waals surface area contributed by atoms with E-state index in [1.54, 1.807) is 26.8 Å². The second-order valence-corrected chi connectivity index (χ2v) is 4.84. The Morgan fingerprint density at radius 1 is 1.36 bits per heavy atom. The Morgan fingerprint density at radius 2 is 2.05 bits per heavy atom. The summed E-state index contributed by atoms with van der Waals surface area (Å²) < 4.78 is 6.21. The lowest BCUT2D eigenvalue weighted by atomic mass is 10.0. The quantitative estimate of drug-likeness (QED) is 0.690. The third-order valence-corrected chi connectivity index (χ3v) is 3.55. The molecule has 6 heteroatoms. The number of rotatable bonds is 4. The highest BCUT2D eigenvalue weighted by Crippen LogP contribution is 2.29. The van der Waals surface area contributed by atoms with Crippen LogP contribution in [0.2, 0.25) is 0 Å². The maximum atomic E-state index is 12.4. The maximum Gasteiger partial charge on any atom is 0.347 e. The smallest absolute Gasteiger partial charge is 0.347 e. The summed E-state index contributed by atoms with van der Waals surface area (Å²) in [6.45, 7) is 5.53. The summed E-state index contributed by atoms with van der Waals surface area (Å²) in [4.78, 5) is 35.5. The summed E-state index contributed by atoms with van der Waals surface area (Å²) in [6.07, 6.45) is 0.666. The van der Waals surface area contributed by atoms with Crippen molar-refractivity contribution < 1.29 is 19.4 Å². The van der Waals surface area contributed by atoms with E-state index < -0.39 is 22.8 Å². The fourth-order valence-electron chi connectivity index (χ4n) is 2.43. The van der Waals surface area contributed by atoms with Crippen molar-refractivity contribution in [3.8, 4) is 5.75 Å². The van der Waals surface area contributed by atoms with Gasteiger partial charge in [-0.25, -0.2) is 4.79 Å². The van der Waals surface area contributed by atoms with Crippen LogP contribution >= 0.6 is 0 Å². The first-order chi connectivity index (χ1) is 10.5. The second-order valence-electron chi connectivity index (χ2n) is 4.84. The molecule has 0 amide bonds. The van der Waals surface area contributed by atoms with E-state index in [4.69, 9.17) is 4.74 Å². The van der Waals surface area contributed by atoms with Gasteiger partial charge in [0.25, 0.3) is 5.56 Å². The van der Waals surface area contributed by atoms with E-state index in [0.29, 0.717) is 29.5 Å². The monoisotopic (exact) mass is 303 g/mol. The van der Waals surface area contributed by atoms with Crippen molar-refractivity contribution in [2.75, 3.05) is 6.61 Å². The Hall–Kier alpha value is -2.63. The van der Waals surface area contributed by atoms with Crippen LogP contribution in [-0.2, 0) is 11.3 Å². The fraction of sp³-hybridized carbons (Fsp3) is 0.312. The van der Waals surface area contributed by atoms with Gasteiger partial charge in [-0.3, -0.25) is 9.59 Å². The minimum absolute atomic E-state index is 0.0926. The first-order valence-electron chi connectivity index (χ1n) is 6.98. The van der Waals surface area contributed by atoms with E-state index in [0.717, 1.165) is 0 Å². The lowest BCUT2D eigenvalue weighted by Gasteiger charge is -2.14. The number of carbonyl (C=O) groups is 2. The molecule has 22 heavy (non-hydrogen) atoms. The summed E-state index contributed by atoms with van der Waals surface area (Å²) in [5.41, 5.74) is 0.536. The van der Waals surface area contributed by atoms with Crippen LogP contribution in [0.5, 0.6) is 5.75 Å². The highest BCUT2D eigenvalue weighted by atomic mass is 16.5. The number of hydrogen-bond donors (Lipinski definition) is 1. The first-order valence-corrected chi connectivity index (χ1v) is 6.98. The number of esters is 1. The Labute approximate surface area is 126 Å². The Morgan fingerprint density at radius 3 is 2.59 bits per heavy atom. The van der Waals surface area contributed by atoms with Crippen LogP contribution in [0.25, 0.3) is 10.9 Å². The molecule has 2 rings (SSSR count). The zero-order valence-corrected chi connectivity index (χ0v) is 12.7. The lowest BCUT2D eigenvalue weighted by Crippen LogP contribution is -2.27. The Bertz CT molecular complexity index is 820. The van der Waals surface area contributed by atoms with E-state index >= 15 is 0 Å². The lowest BCUT2D eigenvalue weighted by molar-refractivity contribution is 0.0520. The van der Waals surface area contributed by atoms with Crippen molar-refractivity contribution >= 4 is 23.2 Å². The van der Waals surface area contributed by atoms with Gasteiger partial charge in [-0.1, -0.05) is 0 Å². The highest BCUT2D eigenvalue weighted by Gasteiger charge is 2.23. The predicted octanol–water partition coefficient (Wildman–Crippen LogP) is 2.02. The number of aromatic nitrogens is 1.